The third-order valence-corrected chi connectivity index (χ3v) is 3.65. The first-order valence-electron chi connectivity index (χ1n) is 7.97. The monoisotopic (exact) mass is 364 g/mol. The minimum absolute atomic E-state index is 0. The van der Waals surface area contributed by atoms with Crippen molar-refractivity contribution < 1.29 is 14.3 Å². The van der Waals surface area contributed by atoms with Crippen LogP contribution in [-0.2, 0) is 4.79 Å². The smallest absolute Gasteiger partial charge is 0.241 e. The van der Waals surface area contributed by atoms with Crippen molar-refractivity contribution in [3.8, 4) is 11.5 Å². The van der Waals surface area contributed by atoms with Crippen LogP contribution in [0.4, 0.5) is 0 Å². The summed E-state index contributed by atoms with van der Waals surface area (Å²) < 4.78 is 10.8. The van der Waals surface area contributed by atoms with E-state index in [9.17, 15) is 4.79 Å². The number of ether oxygens (including phenoxy) is 2. The molecule has 6 heteroatoms. The molecule has 0 aliphatic rings. The van der Waals surface area contributed by atoms with Crippen molar-refractivity contribution in [1.29, 1.82) is 0 Å². The molecule has 0 spiro atoms. The normalized spacial score (nSPS) is 11.2. The summed E-state index contributed by atoms with van der Waals surface area (Å²) in [5.41, 5.74) is 7.92. The Labute approximate surface area is 154 Å². The summed E-state index contributed by atoms with van der Waals surface area (Å²) in [4.78, 5) is 12.1. The number of carbonyl (C=O) groups excluding carboxylic acids is 1. The van der Waals surface area contributed by atoms with E-state index >= 15 is 0 Å². The van der Waals surface area contributed by atoms with E-state index in [0.29, 0.717) is 19.6 Å². The zero-order valence-corrected chi connectivity index (χ0v) is 15.3. The van der Waals surface area contributed by atoms with E-state index in [1.165, 1.54) is 0 Å². The number of nitrogens with one attached hydrogen (secondary N) is 1. The van der Waals surface area contributed by atoms with Gasteiger partial charge in [0.05, 0.1) is 13.7 Å². The Balaban J connectivity index is 0.00000312. The highest BCUT2D eigenvalue weighted by Crippen LogP contribution is 2.18. The predicted molar refractivity (Wildman–Crippen MR) is 101 cm³/mol. The molecular weight excluding hydrogens is 340 g/mol. The molecule has 25 heavy (non-hydrogen) atoms. The maximum atomic E-state index is 12.1. The van der Waals surface area contributed by atoms with Crippen LogP contribution < -0.4 is 20.5 Å². The molecule has 1 amide bonds. The minimum atomic E-state index is -0.648. The average Bonchev–Trinajstić information content (AvgIpc) is 2.61. The van der Waals surface area contributed by atoms with Crippen LogP contribution in [0.25, 0.3) is 0 Å². The maximum Gasteiger partial charge on any atom is 0.241 e. The van der Waals surface area contributed by atoms with E-state index in [4.69, 9.17) is 15.2 Å². The van der Waals surface area contributed by atoms with Crippen LogP contribution in [0.3, 0.4) is 0 Å². The topological polar surface area (TPSA) is 73.6 Å². The number of rotatable bonds is 8. The van der Waals surface area contributed by atoms with Crippen LogP contribution in [0.2, 0.25) is 0 Å². The lowest BCUT2D eigenvalue weighted by molar-refractivity contribution is -0.122. The molecule has 1 atom stereocenters. The van der Waals surface area contributed by atoms with Gasteiger partial charge in [-0.2, -0.15) is 0 Å². The molecule has 0 saturated heterocycles. The number of amides is 1. The highest BCUT2D eigenvalue weighted by atomic mass is 35.5. The molecule has 2 aromatic rings. The van der Waals surface area contributed by atoms with E-state index in [2.05, 4.69) is 5.32 Å². The molecule has 136 valence electrons. The van der Waals surface area contributed by atoms with Gasteiger partial charge in [-0.15, -0.1) is 12.4 Å². The predicted octanol–water partition coefficient (Wildman–Crippen LogP) is 3.01. The van der Waals surface area contributed by atoms with Crippen LogP contribution in [0.15, 0.2) is 48.5 Å². The fourth-order valence-electron chi connectivity index (χ4n) is 2.20. The Hall–Kier alpha value is -2.24. The SMILES string of the molecule is COc1cccc(OCCCNC(=O)C(N)c2ccc(C)cc2)c1.Cl. The number of hydrogen-bond acceptors (Lipinski definition) is 4. The lowest BCUT2D eigenvalue weighted by Gasteiger charge is -2.13. The fraction of sp³-hybridized carbons (Fsp3) is 0.316. The van der Waals surface area contributed by atoms with Gasteiger partial charge in [-0.05, 0) is 31.0 Å². The third kappa shape index (κ3) is 6.64. The van der Waals surface area contributed by atoms with Gasteiger partial charge in [0, 0.05) is 12.6 Å². The van der Waals surface area contributed by atoms with Gasteiger partial charge in [0.15, 0.2) is 0 Å². The van der Waals surface area contributed by atoms with Crippen molar-refractivity contribution in [2.24, 2.45) is 5.73 Å². The first kappa shape index (κ1) is 20.8. The summed E-state index contributed by atoms with van der Waals surface area (Å²) in [5.74, 6) is 1.32. The number of aryl methyl sites for hydroxylation is 1. The third-order valence-electron chi connectivity index (χ3n) is 3.65. The lowest BCUT2D eigenvalue weighted by atomic mass is 10.1. The summed E-state index contributed by atoms with van der Waals surface area (Å²) in [7, 11) is 1.62. The average molecular weight is 365 g/mol. The molecule has 0 saturated carbocycles. The number of benzene rings is 2. The summed E-state index contributed by atoms with van der Waals surface area (Å²) >= 11 is 0. The van der Waals surface area contributed by atoms with Crippen LogP contribution in [0.5, 0.6) is 11.5 Å². The van der Waals surface area contributed by atoms with Crippen LogP contribution >= 0.6 is 12.4 Å². The van der Waals surface area contributed by atoms with E-state index < -0.39 is 6.04 Å². The largest absolute Gasteiger partial charge is 0.497 e. The van der Waals surface area contributed by atoms with Gasteiger partial charge in [-0.3, -0.25) is 4.79 Å². The van der Waals surface area contributed by atoms with Crippen LogP contribution in [-0.4, -0.2) is 26.2 Å². The molecule has 0 aromatic heterocycles. The minimum Gasteiger partial charge on any atom is -0.497 e. The van der Waals surface area contributed by atoms with Crippen molar-refractivity contribution in [2.45, 2.75) is 19.4 Å². The molecule has 2 rings (SSSR count). The second-order valence-corrected chi connectivity index (χ2v) is 5.56. The molecule has 0 fully saturated rings. The van der Waals surface area contributed by atoms with Crippen molar-refractivity contribution in [3.05, 3.63) is 59.7 Å². The van der Waals surface area contributed by atoms with Crippen LogP contribution in [0, 0.1) is 6.92 Å². The quantitative estimate of drug-likeness (QED) is 0.706. The maximum absolute atomic E-state index is 12.1. The Morgan fingerprint density at radius 2 is 1.84 bits per heavy atom. The molecule has 0 aliphatic carbocycles. The van der Waals surface area contributed by atoms with E-state index in [0.717, 1.165) is 22.6 Å². The molecule has 3 N–H and O–H groups in total. The van der Waals surface area contributed by atoms with Gasteiger partial charge < -0.3 is 20.5 Å². The van der Waals surface area contributed by atoms with Gasteiger partial charge in [0.2, 0.25) is 5.91 Å². The molecule has 0 bridgehead atoms. The van der Waals surface area contributed by atoms with Gasteiger partial charge >= 0.3 is 0 Å². The van der Waals surface area contributed by atoms with Gasteiger partial charge in [0.25, 0.3) is 0 Å². The van der Waals surface area contributed by atoms with E-state index in [-0.39, 0.29) is 18.3 Å². The second-order valence-electron chi connectivity index (χ2n) is 5.56. The number of carbonyl (C=O) groups is 1. The van der Waals surface area contributed by atoms with Crippen molar-refractivity contribution in [1.82, 2.24) is 5.32 Å². The summed E-state index contributed by atoms with van der Waals surface area (Å²) in [6.07, 6.45) is 0.698. The molecule has 0 heterocycles. The van der Waals surface area contributed by atoms with Gasteiger partial charge in [-0.25, -0.2) is 0 Å². The first-order valence-corrected chi connectivity index (χ1v) is 7.97. The van der Waals surface area contributed by atoms with E-state index in [1.807, 2.05) is 55.5 Å². The molecule has 2 aromatic carbocycles. The number of halogens is 1. The Bertz CT molecular complexity index is 662. The molecular formula is C19H25ClN2O3. The Morgan fingerprint density at radius 3 is 2.52 bits per heavy atom. The number of hydrogen-bond donors (Lipinski definition) is 2. The zero-order valence-electron chi connectivity index (χ0n) is 14.5. The Kier molecular flexibility index (Phi) is 8.81. The first-order chi connectivity index (χ1) is 11.6. The molecule has 0 radical (unpaired) electrons. The van der Waals surface area contributed by atoms with Crippen molar-refractivity contribution >= 4 is 18.3 Å². The fourth-order valence-corrected chi connectivity index (χ4v) is 2.20. The molecule has 0 aliphatic heterocycles. The second kappa shape index (κ2) is 10.6. The van der Waals surface area contributed by atoms with Crippen molar-refractivity contribution in [3.63, 3.8) is 0 Å². The standard InChI is InChI=1S/C19H24N2O3.ClH/c1-14-7-9-15(10-8-14)18(20)19(22)21-11-4-12-24-17-6-3-5-16(13-17)23-2;/h3,5-10,13,18H,4,11-12,20H2,1-2H3,(H,21,22);1H. The summed E-state index contributed by atoms with van der Waals surface area (Å²) in [6, 6.07) is 14.4. The Morgan fingerprint density at radius 1 is 1.16 bits per heavy atom. The number of methoxy groups -OCH3 is 1. The summed E-state index contributed by atoms with van der Waals surface area (Å²) in [5, 5.41) is 2.84. The number of nitrogens with two attached hydrogens (primary N) is 1. The van der Waals surface area contributed by atoms with Gasteiger partial charge in [-0.1, -0.05) is 35.9 Å². The van der Waals surface area contributed by atoms with Crippen LogP contribution in [0.1, 0.15) is 23.6 Å². The summed E-state index contributed by atoms with van der Waals surface area (Å²) in [6.45, 7) is 3.02. The lowest BCUT2D eigenvalue weighted by Crippen LogP contribution is -2.35. The molecule has 1 unspecified atom stereocenters. The highest BCUT2D eigenvalue weighted by molar-refractivity contribution is 5.85. The zero-order chi connectivity index (χ0) is 17.4. The highest BCUT2D eigenvalue weighted by Gasteiger charge is 2.14. The van der Waals surface area contributed by atoms with Gasteiger partial charge in [0.1, 0.15) is 17.5 Å². The molecule has 5 nitrogen and oxygen atoms in total. The van der Waals surface area contributed by atoms with E-state index in [1.54, 1.807) is 7.11 Å². The van der Waals surface area contributed by atoms with Crippen molar-refractivity contribution in [2.75, 3.05) is 20.3 Å².